The molecule has 0 aliphatic rings. The van der Waals surface area contributed by atoms with E-state index in [2.05, 4.69) is 143 Å². The Balaban J connectivity index is 1.07. The van der Waals surface area contributed by atoms with Crippen LogP contribution in [-0.2, 0) is 0 Å². The van der Waals surface area contributed by atoms with Crippen LogP contribution in [0.25, 0.3) is 111 Å². The molecule has 6 nitrogen and oxygen atoms in total. The molecular weight excluding hydrogens is 699 g/mol. The summed E-state index contributed by atoms with van der Waals surface area (Å²) >= 11 is 0. The first-order chi connectivity index (χ1) is 28.3. The van der Waals surface area contributed by atoms with Gasteiger partial charge in [-0.1, -0.05) is 121 Å². The highest BCUT2D eigenvalue weighted by Gasteiger charge is 2.21. The third-order valence-electron chi connectivity index (χ3n) is 11.2. The van der Waals surface area contributed by atoms with Crippen LogP contribution in [0.15, 0.2) is 192 Å². The van der Waals surface area contributed by atoms with E-state index in [4.69, 9.17) is 19.4 Å². The molecule has 266 valence electrons. The van der Waals surface area contributed by atoms with Gasteiger partial charge in [-0.25, -0.2) is 15.0 Å². The van der Waals surface area contributed by atoms with Crippen LogP contribution in [0, 0.1) is 0 Å². The van der Waals surface area contributed by atoms with E-state index in [-0.39, 0.29) is 0 Å². The van der Waals surface area contributed by atoms with Gasteiger partial charge in [0.1, 0.15) is 11.2 Å². The molecule has 6 heteroatoms. The Labute approximate surface area is 326 Å². The largest absolute Gasteiger partial charge is 0.456 e. The molecule has 0 aliphatic carbocycles. The number of aromatic nitrogens is 5. The van der Waals surface area contributed by atoms with E-state index in [1.54, 1.807) is 0 Å². The molecule has 8 aromatic carbocycles. The first-order valence-corrected chi connectivity index (χ1v) is 19.1. The van der Waals surface area contributed by atoms with Gasteiger partial charge >= 0.3 is 0 Å². The maximum absolute atomic E-state index is 6.27. The van der Waals surface area contributed by atoms with Crippen LogP contribution in [0.4, 0.5) is 0 Å². The molecule has 4 heterocycles. The summed E-state index contributed by atoms with van der Waals surface area (Å²) in [6, 6.07) is 65.6. The topological polar surface area (TPSA) is 61.7 Å². The second-order valence-corrected chi connectivity index (χ2v) is 14.4. The fourth-order valence-corrected chi connectivity index (χ4v) is 8.65. The van der Waals surface area contributed by atoms with Crippen LogP contribution in [-0.4, -0.2) is 24.1 Å². The minimum atomic E-state index is 0.584. The third kappa shape index (κ3) is 4.87. The Morgan fingerprint density at radius 2 is 0.807 bits per heavy atom. The minimum absolute atomic E-state index is 0.584. The molecule has 0 spiro atoms. The van der Waals surface area contributed by atoms with E-state index in [9.17, 15) is 0 Å². The van der Waals surface area contributed by atoms with Gasteiger partial charge in [0.2, 0.25) is 0 Å². The fraction of sp³-hybridized carbons (Fsp3) is 0. The van der Waals surface area contributed by atoms with Gasteiger partial charge in [-0.05, 0) is 66.7 Å². The Morgan fingerprint density at radius 1 is 0.316 bits per heavy atom. The van der Waals surface area contributed by atoms with E-state index >= 15 is 0 Å². The van der Waals surface area contributed by atoms with Gasteiger partial charge in [0, 0.05) is 60.4 Å². The molecule has 0 atom stereocenters. The summed E-state index contributed by atoms with van der Waals surface area (Å²) in [4.78, 5) is 15.3. The van der Waals surface area contributed by atoms with Gasteiger partial charge in [0.15, 0.2) is 17.5 Å². The number of para-hydroxylation sites is 4. The number of nitrogens with zero attached hydrogens (tertiary/aromatic N) is 5. The zero-order valence-corrected chi connectivity index (χ0v) is 30.5. The SMILES string of the molecule is c1ccc(-c2nc(-c3cccc(-n4c5ccccc5c5c6c7ccccc7n(-c7ccccc7)c6ccc54)c3)nc(-c3ccc4c(c3)oc3ccccc34)n2)cc1. The molecule has 0 unspecified atom stereocenters. The average Bonchev–Trinajstić information content (AvgIpc) is 3.94. The van der Waals surface area contributed by atoms with Gasteiger partial charge in [-0.3, -0.25) is 0 Å². The number of fused-ring (bicyclic) bond motifs is 10. The fourth-order valence-electron chi connectivity index (χ4n) is 8.65. The third-order valence-corrected chi connectivity index (χ3v) is 11.2. The van der Waals surface area contributed by atoms with Crippen LogP contribution in [0.3, 0.4) is 0 Å². The normalized spacial score (nSPS) is 11.9. The van der Waals surface area contributed by atoms with E-state index in [1.165, 1.54) is 32.6 Å². The van der Waals surface area contributed by atoms with Crippen LogP contribution in [0.1, 0.15) is 0 Å². The first-order valence-electron chi connectivity index (χ1n) is 19.1. The quantitative estimate of drug-likeness (QED) is 0.177. The highest BCUT2D eigenvalue weighted by molar-refractivity contribution is 6.29. The predicted octanol–water partition coefficient (Wildman–Crippen LogP) is 13.0. The van der Waals surface area contributed by atoms with Crippen LogP contribution < -0.4 is 0 Å². The summed E-state index contributed by atoms with van der Waals surface area (Å²) in [6.07, 6.45) is 0. The molecule has 57 heavy (non-hydrogen) atoms. The van der Waals surface area contributed by atoms with Crippen molar-refractivity contribution in [1.82, 2.24) is 24.1 Å². The number of hydrogen-bond acceptors (Lipinski definition) is 4. The number of benzene rings is 8. The van der Waals surface area contributed by atoms with Gasteiger partial charge in [0.05, 0.1) is 22.1 Å². The summed E-state index contributed by atoms with van der Waals surface area (Å²) in [5, 5.41) is 7.06. The van der Waals surface area contributed by atoms with Crippen molar-refractivity contribution in [2.75, 3.05) is 0 Å². The monoisotopic (exact) mass is 729 g/mol. The summed E-state index contributed by atoms with van der Waals surface area (Å²) in [6.45, 7) is 0. The van der Waals surface area contributed by atoms with Crippen molar-refractivity contribution < 1.29 is 4.42 Å². The summed E-state index contributed by atoms with van der Waals surface area (Å²) in [7, 11) is 0. The highest BCUT2D eigenvalue weighted by Crippen LogP contribution is 2.42. The molecular formula is C51H31N5O. The van der Waals surface area contributed by atoms with E-state index < -0.39 is 0 Å². The maximum atomic E-state index is 6.27. The van der Waals surface area contributed by atoms with Gasteiger partial charge in [-0.15, -0.1) is 0 Å². The zero-order chi connectivity index (χ0) is 37.5. The predicted molar refractivity (Wildman–Crippen MR) is 232 cm³/mol. The first kappa shape index (κ1) is 31.5. The lowest BCUT2D eigenvalue weighted by atomic mass is 10.1. The summed E-state index contributed by atoms with van der Waals surface area (Å²) < 4.78 is 11.0. The maximum Gasteiger partial charge on any atom is 0.164 e. The molecule has 12 aromatic rings. The molecule has 0 radical (unpaired) electrons. The van der Waals surface area contributed by atoms with Gasteiger partial charge in [-0.2, -0.15) is 0 Å². The van der Waals surface area contributed by atoms with E-state index in [0.29, 0.717) is 17.5 Å². The van der Waals surface area contributed by atoms with Crippen molar-refractivity contribution in [2.45, 2.75) is 0 Å². The summed E-state index contributed by atoms with van der Waals surface area (Å²) in [5.41, 5.74) is 11.1. The van der Waals surface area contributed by atoms with Crippen LogP contribution in [0.5, 0.6) is 0 Å². The standard InChI is InChI=1S/C51H31N5O/c1-3-14-32(15-4-1)49-52-50(54-51(53-49)34-26-27-38-37-20-9-12-25-45(37)57-46(38)31-34)33-16-13-19-36(30-33)56-42-24-11-8-22-40(42)48-44(56)29-28-43-47(48)39-21-7-10-23-41(39)55(43)35-17-5-2-6-18-35/h1-31H. The van der Waals surface area contributed by atoms with Crippen molar-refractivity contribution >= 4 is 65.6 Å². The molecule has 0 amide bonds. The Kier molecular flexibility index (Phi) is 6.83. The van der Waals surface area contributed by atoms with Crippen molar-refractivity contribution in [3.63, 3.8) is 0 Å². The van der Waals surface area contributed by atoms with Crippen molar-refractivity contribution in [1.29, 1.82) is 0 Å². The molecule has 12 rings (SSSR count). The minimum Gasteiger partial charge on any atom is -0.456 e. The lowest BCUT2D eigenvalue weighted by Gasteiger charge is -2.12. The highest BCUT2D eigenvalue weighted by atomic mass is 16.3. The van der Waals surface area contributed by atoms with Crippen LogP contribution >= 0.6 is 0 Å². The second-order valence-electron chi connectivity index (χ2n) is 14.4. The van der Waals surface area contributed by atoms with Crippen molar-refractivity contribution in [2.24, 2.45) is 0 Å². The molecule has 0 aliphatic heterocycles. The second kappa shape index (κ2) is 12.3. The molecule has 0 fully saturated rings. The van der Waals surface area contributed by atoms with Crippen molar-refractivity contribution in [3.05, 3.63) is 188 Å². The van der Waals surface area contributed by atoms with E-state index in [0.717, 1.165) is 61.0 Å². The van der Waals surface area contributed by atoms with Gasteiger partial charge in [0.25, 0.3) is 0 Å². The Morgan fingerprint density at radius 3 is 1.49 bits per heavy atom. The molecule has 0 saturated heterocycles. The lowest BCUT2D eigenvalue weighted by Crippen LogP contribution is -2.01. The molecule has 0 N–H and O–H groups in total. The van der Waals surface area contributed by atoms with Gasteiger partial charge < -0.3 is 13.6 Å². The Hall–Kier alpha value is -7.83. The average molecular weight is 730 g/mol. The number of rotatable bonds is 5. The smallest absolute Gasteiger partial charge is 0.164 e. The van der Waals surface area contributed by atoms with E-state index in [1.807, 2.05) is 54.6 Å². The molecule has 4 aromatic heterocycles. The molecule has 0 bridgehead atoms. The zero-order valence-electron chi connectivity index (χ0n) is 30.5. The number of hydrogen-bond donors (Lipinski definition) is 0. The molecule has 0 saturated carbocycles. The number of furan rings is 1. The van der Waals surface area contributed by atoms with Crippen molar-refractivity contribution in [3.8, 4) is 45.5 Å². The van der Waals surface area contributed by atoms with Crippen LogP contribution in [0.2, 0.25) is 0 Å². The Bertz CT molecular complexity index is 3520. The lowest BCUT2D eigenvalue weighted by molar-refractivity contribution is 0.669. The summed E-state index contributed by atoms with van der Waals surface area (Å²) in [5.74, 6) is 1.79.